The first-order valence-corrected chi connectivity index (χ1v) is 4.78. The molecule has 0 fully saturated rings. The molecule has 2 rings (SSSR count). The van der Waals surface area contributed by atoms with Crippen molar-refractivity contribution in [2.24, 2.45) is 0 Å². The zero-order valence-corrected chi connectivity index (χ0v) is 9.05. The Hall–Kier alpha value is -1.75. The summed E-state index contributed by atoms with van der Waals surface area (Å²) in [4.78, 5) is 0. The van der Waals surface area contributed by atoms with Gasteiger partial charge >= 0.3 is 0 Å². The highest BCUT2D eigenvalue weighted by Crippen LogP contribution is 2.40. The standard InChI is InChI=1S/C10H8ClFN2O2/c1-4-6(11)2-7(12)9(15)8(4)5-3-14-16-10(5)13/h2-3,15H,13H2,1H3. The molecule has 0 atom stereocenters. The minimum atomic E-state index is -0.814. The number of hydrogen-bond donors (Lipinski definition) is 2. The smallest absolute Gasteiger partial charge is 0.230 e. The molecule has 3 N–H and O–H groups in total. The van der Waals surface area contributed by atoms with Gasteiger partial charge in [-0.1, -0.05) is 16.8 Å². The van der Waals surface area contributed by atoms with Crippen molar-refractivity contribution < 1.29 is 14.0 Å². The summed E-state index contributed by atoms with van der Waals surface area (Å²) < 4.78 is 18.0. The van der Waals surface area contributed by atoms with E-state index < -0.39 is 11.6 Å². The topological polar surface area (TPSA) is 72.3 Å². The molecule has 4 nitrogen and oxygen atoms in total. The number of aromatic nitrogens is 1. The van der Waals surface area contributed by atoms with E-state index in [4.69, 9.17) is 17.3 Å². The first-order chi connectivity index (χ1) is 7.52. The van der Waals surface area contributed by atoms with Gasteiger partial charge in [-0.05, 0) is 18.6 Å². The van der Waals surface area contributed by atoms with Crippen LogP contribution in [0.15, 0.2) is 16.8 Å². The van der Waals surface area contributed by atoms with Crippen LogP contribution in [0.25, 0.3) is 11.1 Å². The summed E-state index contributed by atoms with van der Waals surface area (Å²) >= 11 is 5.82. The number of nitrogens with zero attached hydrogens (tertiary/aromatic N) is 1. The molecule has 0 radical (unpaired) electrons. The lowest BCUT2D eigenvalue weighted by Crippen LogP contribution is -1.92. The number of phenols is 1. The highest BCUT2D eigenvalue weighted by molar-refractivity contribution is 6.31. The molecule has 0 aliphatic carbocycles. The average Bonchev–Trinajstić information content (AvgIpc) is 2.63. The van der Waals surface area contributed by atoms with Gasteiger partial charge in [0.25, 0.3) is 0 Å². The molecule has 0 aliphatic heterocycles. The summed E-state index contributed by atoms with van der Waals surface area (Å²) in [5, 5.41) is 13.3. The number of nitrogens with two attached hydrogens (primary N) is 1. The van der Waals surface area contributed by atoms with E-state index in [9.17, 15) is 9.50 Å². The van der Waals surface area contributed by atoms with Crippen molar-refractivity contribution in [2.45, 2.75) is 6.92 Å². The third-order valence-electron chi connectivity index (χ3n) is 2.32. The Morgan fingerprint density at radius 2 is 2.25 bits per heavy atom. The van der Waals surface area contributed by atoms with Crippen LogP contribution in [-0.2, 0) is 0 Å². The molecular formula is C10H8ClFN2O2. The first kappa shape index (κ1) is 10.8. The molecule has 0 saturated carbocycles. The average molecular weight is 243 g/mol. The van der Waals surface area contributed by atoms with Gasteiger partial charge in [-0.15, -0.1) is 0 Å². The normalized spacial score (nSPS) is 10.7. The van der Waals surface area contributed by atoms with Gasteiger partial charge in [0.15, 0.2) is 11.6 Å². The third-order valence-corrected chi connectivity index (χ3v) is 2.71. The van der Waals surface area contributed by atoms with Gasteiger partial charge in [0.05, 0.1) is 11.8 Å². The molecule has 1 heterocycles. The zero-order valence-electron chi connectivity index (χ0n) is 8.29. The van der Waals surface area contributed by atoms with Crippen molar-refractivity contribution in [2.75, 3.05) is 5.73 Å². The number of hydrogen-bond acceptors (Lipinski definition) is 4. The molecule has 0 unspecified atom stereocenters. The van der Waals surface area contributed by atoms with E-state index >= 15 is 0 Å². The molecule has 0 saturated heterocycles. The van der Waals surface area contributed by atoms with Crippen LogP contribution in [0.5, 0.6) is 5.75 Å². The lowest BCUT2D eigenvalue weighted by Gasteiger charge is -2.09. The summed E-state index contributed by atoms with van der Waals surface area (Å²) in [7, 11) is 0. The Balaban J connectivity index is 2.79. The van der Waals surface area contributed by atoms with Crippen molar-refractivity contribution in [1.82, 2.24) is 5.16 Å². The molecule has 1 aromatic heterocycles. The van der Waals surface area contributed by atoms with Crippen LogP contribution in [0, 0.1) is 12.7 Å². The summed E-state index contributed by atoms with van der Waals surface area (Å²) in [6.45, 7) is 1.64. The Bertz CT molecular complexity index is 528. The fourth-order valence-electron chi connectivity index (χ4n) is 1.47. The predicted octanol–water partition coefficient (Wildman–Crippen LogP) is 2.73. The number of aromatic hydroxyl groups is 1. The minimum Gasteiger partial charge on any atom is -0.504 e. The Labute approximate surface area is 95.4 Å². The number of halogens is 2. The van der Waals surface area contributed by atoms with Crippen LogP contribution in [-0.4, -0.2) is 10.3 Å². The van der Waals surface area contributed by atoms with Gasteiger partial charge in [0.1, 0.15) is 0 Å². The van der Waals surface area contributed by atoms with E-state index in [1.807, 2.05) is 0 Å². The quantitative estimate of drug-likeness (QED) is 0.807. The van der Waals surface area contributed by atoms with Gasteiger partial charge in [-0.3, -0.25) is 0 Å². The second kappa shape index (κ2) is 3.68. The summed E-state index contributed by atoms with van der Waals surface area (Å²) in [6.07, 6.45) is 1.30. The Morgan fingerprint density at radius 3 is 2.81 bits per heavy atom. The number of anilines is 1. The Morgan fingerprint density at radius 1 is 1.56 bits per heavy atom. The van der Waals surface area contributed by atoms with E-state index in [2.05, 4.69) is 9.68 Å². The maximum Gasteiger partial charge on any atom is 0.230 e. The lowest BCUT2D eigenvalue weighted by atomic mass is 10.0. The van der Waals surface area contributed by atoms with Crippen molar-refractivity contribution in [1.29, 1.82) is 0 Å². The second-order valence-corrected chi connectivity index (χ2v) is 3.70. The molecule has 1 aromatic carbocycles. The monoisotopic (exact) mass is 242 g/mol. The van der Waals surface area contributed by atoms with Gasteiger partial charge in [0.2, 0.25) is 5.88 Å². The largest absolute Gasteiger partial charge is 0.504 e. The summed E-state index contributed by atoms with van der Waals surface area (Å²) in [5.41, 5.74) is 6.53. The van der Waals surface area contributed by atoms with E-state index in [1.165, 1.54) is 6.20 Å². The zero-order chi connectivity index (χ0) is 11.9. The van der Waals surface area contributed by atoms with Crippen LogP contribution < -0.4 is 5.73 Å². The highest BCUT2D eigenvalue weighted by Gasteiger charge is 2.19. The molecule has 2 aromatic rings. The van der Waals surface area contributed by atoms with Crippen molar-refractivity contribution in [3.05, 3.63) is 28.7 Å². The van der Waals surface area contributed by atoms with Crippen LogP contribution >= 0.6 is 11.6 Å². The van der Waals surface area contributed by atoms with Crippen molar-refractivity contribution in [3.8, 4) is 16.9 Å². The number of phenolic OH excluding ortho intramolecular Hbond substituents is 1. The van der Waals surface area contributed by atoms with Gasteiger partial charge in [-0.25, -0.2) is 4.39 Å². The fraction of sp³-hybridized carbons (Fsp3) is 0.100. The molecular weight excluding hydrogens is 235 g/mol. The van der Waals surface area contributed by atoms with Crippen LogP contribution in [0.1, 0.15) is 5.56 Å². The van der Waals surface area contributed by atoms with Gasteiger partial charge in [-0.2, -0.15) is 0 Å². The molecule has 6 heteroatoms. The predicted molar refractivity (Wildman–Crippen MR) is 57.7 cm³/mol. The van der Waals surface area contributed by atoms with Gasteiger partial charge in [0, 0.05) is 10.6 Å². The maximum atomic E-state index is 13.3. The lowest BCUT2D eigenvalue weighted by molar-refractivity contribution is 0.432. The van der Waals surface area contributed by atoms with Crippen LogP contribution in [0.3, 0.4) is 0 Å². The van der Waals surface area contributed by atoms with E-state index in [-0.39, 0.29) is 16.5 Å². The van der Waals surface area contributed by atoms with Gasteiger partial charge < -0.3 is 15.4 Å². The number of rotatable bonds is 1. The second-order valence-electron chi connectivity index (χ2n) is 3.29. The Kier molecular flexibility index (Phi) is 2.47. The van der Waals surface area contributed by atoms with E-state index in [1.54, 1.807) is 6.92 Å². The van der Waals surface area contributed by atoms with E-state index in [0.29, 0.717) is 11.1 Å². The minimum absolute atomic E-state index is 0.0000617. The molecule has 0 spiro atoms. The fourth-order valence-corrected chi connectivity index (χ4v) is 1.66. The molecule has 0 bridgehead atoms. The number of benzene rings is 1. The van der Waals surface area contributed by atoms with Crippen LogP contribution in [0.4, 0.5) is 10.3 Å². The maximum absolute atomic E-state index is 13.3. The van der Waals surface area contributed by atoms with Crippen molar-refractivity contribution in [3.63, 3.8) is 0 Å². The molecule has 0 aliphatic rings. The third kappa shape index (κ3) is 1.49. The van der Waals surface area contributed by atoms with E-state index in [0.717, 1.165) is 6.07 Å². The summed E-state index contributed by atoms with van der Waals surface area (Å²) in [5.74, 6) is -1.33. The highest BCUT2D eigenvalue weighted by atomic mass is 35.5. The van der Waals surface area contributed by atoms with Crippen LogP contribution in [0.2, 0.25) is 5.02 Å². The molecule has 16 heavy (non-hydrogen) atoms. The first-order valence-electron chi connectivity index (χ1n) is 4.40. The molecule has 0 amide bonds. The summed E-state index contributed by atoms with van der Waals surface area (Å²) in [6, 6.07) is 1.04. The SMILES string of the molecule is Cc1c(Cl)cc(F)c(O)c1-c1cnoc1N. The van der Waals surface area contributed by atoms with Crippen molar-refractivity contribution >= 4 is 17.5 Å². The molecule has 84 valence electrons. The number of nitrogen functional groups attached to an aromatic ring is 1.